The van der Waals surface area contributed by atoms with Gasteiger partial charge in [-0.15, -0.1) is 0 Å². The summed E-state index contributed by atoms with van der Waals surface area (Å²) in [6.45, 7) is 0. The maximum atomic E-state index is 8.86. The molecule has 12 aromatic carbocycles. The van der Waals surface area contributed by atoms with Crippen LogP contribution in [0.5, 0.6) is 92.0 Å². The van der Waals surface area contributed by atoms with Gasteiger partial charge in [-0.2, -0.15) is 0 Å². The van der Waals surface area contributed by atoms with Crippen LogP contribution in [0.4, 0.5) is 11.6 Å². The minimum atomic E-state index is -4.74. The summed E-state index contributed by atoms with van der Waals surface area (Å²) in [6, 6.07) is 78.1. The molecule has 16 nitrogen and oxygen atoms in total. The van der Waals surface area contributed by atoms with Crippen molar-refractivity contribution in [2.75, 3.05) is 0 Å². The van der Waals surface area contributed by atoms with Gasteiger partial charge in [0.25, 0.3) is 0 Å². The molecule has 106 heavy (non-hydrogen) atoms. The van der Waals surface area contributed by atoms with Crippen molar-refractivity contribution >= 4 is 267 Å². The van der Waals surface area contributed by atoms with E-state index < -0.39 is 20.8 Å². The van der Waals surface area contributed by atoms with Crippen molar-refractivity contribution in [2.24, 2.45) is 30.0 Å². The SMILES string of the molecule is [Cl][In]1[n]2c3c4cc(Oc5ccc(I)cc5)c(Oc5ccc(I)cc5)cc4c2N=C2N=C(N=c4c5cc(Oc6ccc(I)cc6)c(Oc6ccc(I)cc6)cc5c([n]41)=NC1=NC(=N3)c3cc(Oc4ccc(I)cc4)c(Oc4ccc(I)cc4)cc31)c1cc(Oc3ccc(I)cc3)c(Oc3ccc(I)cc3)cc12. The van der Waals surface area contributed by atoms with E-state index in [0.717, 1.165) is 28.6 Å². The number of benzene rings is 12. The quantitative estimate of drug-likeness (QED) is 0.0865. The maximum absolute atomic E-state index is 8.86. The summed E-state index contributed by atoms with van der Waals surface area (Å²) in [5.74, 6) is 9.79. The molecule has 0 radical (unpaired) electrons. The monoisotopic (exact) mass is 2410 g/mol. The zero-order valence-corrected chi connectivity index (χ0v) is 75.2. The normalized spacial score (nSPS) is 12.9. The number of aliphatic imine (C=N–C) groups is 4. The van der Waals surface area contributed by atoms with Crippen LogP contribution in [0.25, 0.3) is 21.5 Å². The fourth-order valence-corrected chi connectivity index (χ4v) is 22.8. The van der Waals surface area contributed by atoms with Crippen molar-refractivity contribution in [1.29, 1.82) is 0 Å². The Hall–Kier alpha value is -6.60. The van der Waals surface area contributed by atoms with Gasteiger partial charge in [-0.25, -0.2) is 0 Å². The number of ether oxygens (including phenoxy) is 8. The average molecular weight is 2410 g/mol. The van der Waals surface area contributed by atoms with Crippen LogP contribution in [-0.2, 0) is 0 Å². The van der Waals surface area contributed by atoms with E-state index in [2.05, 4.69) is 186 Å². The second kappa shape index (κ2) is 30.0. The first-order valence-electron chi connectivity index (χ1n) is 32.3. The van der Waals surface area contributed by atoms with Crippen molar-refractivity contribution in [3.63, 3.8) is 0 Å². The Morgan fingerprint density at radius 2 is 0.415 bits per heavy atom. The molecule has 6 bridgehead atoms. The van der Waals surface area contributed by atoms with Gasteiger partial charge in [0.2, 0.25) is 0 Å². The van der Waals surface area contributed by atoms with Crippen molar-refractivity contribution in [3.05, 3.63) is 304 Å². The first-order valence-corrected chi connectivity index (χ1v) is 48.0. The van der Waals surface area contributed by atoms with Crippen LogP contribution in [0, 0.1) is 28.6 Å². The third-order valence-electron chi connectivity index (χ3n) is 17.2. The molecule has 0 amide bonds. The molecule has 2 aromatic heterocycles. The summed E-state index contributed by atoms with van der Waals surface area (Å²) in [5.41, 5.74) is 3.20. The van der Waals surface area contributed by atoms with Gasteiger partial charge in [0.1, 0.15) is 0 Å². The minimum absolute atomic E-state index is 0.304. The van der Waals surface area contributed by atoms with E-state index in [9.17, 15) is 0 Å². The third-order valence-corrected chi connectivity index (χ3v) is 30.8. The third kappa shape index (κ3) is 14.6. The second-order valence-electron chi connectivity index (χ2n) is 24.1. The van der Waals surface area contributed by atoms with E-state index in [1.54, 1.807) is 0 Å². The Kier molecular flexibility index (Phi) is 20.1. The first-order chi connectivity index (χ1) is 51.6. The summed E-state index contributed by atoms with van der Waals surface area (Å²) in [4.78, 5) is 34.2. The topological polar surface area (TPSA) is 158 Å². The number of fused-ring (bicyclic) bond motifs is 14. The van der Waals surface area contributed by atoms with Crippen LogP contribution in [0.15, 0.2) is 273 Å². The summed E-state index contributed by atoms with van der Waals surface area (Å²) in [6.07, 6.45) is 0. The van der Waals surface area contributed by atoms with Crippen LogP contribution >= 0.6 is 189 Å². The number of amidine groups is 4. The Bertz CT molecular complexity index is 5860. The van der Waals surface area contributed by atoms with Gasteiger partial charge in [0, 0.05) is 0 Å². The molecule has 0 N–H and O–H groups in total. The van der Waals surface area contributed by atoms with Crippen molar-refractivity contribution in [3.8, 4) is 92.0 Å². The zero-order valence-electron chi connectivity index (χ0n) is 53.9. The van der Waals surface area contributed by atoms with E-state index in [0.29, 0.717) is 182 Å². The number of rotatable bonds is 16. The van der Waals surface area contributed by atoms with Gasteiger partial charge in [-0.3, -0.25) is 0 Å². The molecule has 0 aliphatic carbocycles. The number of halogens is 9. The number of nitrogens with zero attached hydrogens (tertiary/aromatic N) is 8. The molecule has 0 unspecified atom stereocenters. The summed E-state index contributed by atoms with van der Waals surface area (Å²) < 4.78 is 68.1. The molecular weight excluding hydrogens is 2370 g/mol. The van der Waals surface area contributed by atoms with Crippen molar-refractivity contribution < 1.29 is 37.9 Å². The Morgan fingerprint density at radius 1 is 0.226 bits per heavy atom. The summed E-state index contributed by atoms with van der Waals surface area (Å²) in [7, 11) is 8.86. The van der Waals surface area contributed by atoms with E-state index in [-0.39, 0.29) is 0 Å². The number of aromatic nitrogens is 2. The van der Waals surface area contributed by atoms with E-state index in [4.69, 9.17) is 76.4 Å². The molecular formula is C80H40ClI8InN8O8. The summed E-state index contributed by atoms with van der Waals surface area (Å²) >= 11 is 13.6. The molecule has 0 saturated carbocycles. The molecule has 4 aliphatic heterocycles. The average Bonchev–Trinajstić information content (AvgIpc) is 1.55. The predicted octanol–water partition coefficient (Wildman–Crippen LogP) is 24.3. The molecule has 26 heteroatoms. The van der Waals surface area contributed by atoms with Crippen molar-refractivity contribution in [2.45, 2.75) is 0 Å². The standard InChI is InChI=1S/C80H40I8N8O8.ClH.In/c81-41-1-17-49(18-2-41)97-65-33-57-58(34-66(65)98-50-19-3-42(82)4-20-50)74-89-73(57)93-75-59-35-67(99-51-21-5-43(83)6-22-51)68(100-52-23-7-44(84)8-24-52)36-60(59)77(90-75)95-79-63-39-71(103-55-29-13-47(87)14-30-55)72(104-56-31-15-48(88)16-32-56)40-64(63)80(92-79)96-78-62-38-70(102-54-27-11-46(86)12-28-54)69(37-61(62)76(91-78)94-74)101-53-25-9-45(85)10-26-53;;/h1-40H;1H;/q-2;;+3/p-1. The van der Waals surface area contributed by atoms with Gasteiger partial charge < -0.3 is 0 Å². The fraction of sp³-hybridized carbons (Fsp3) is 0. The van der Waals surface area contributed by atoms with E-state index in [1.165, 1.54) is 0 Å². The molecule has 0 fully saturated rings. The number of hydrogen-bond acceptors (Lipinski definition) is 14. The van der Waals surface area contributed by atoms with Crippen molar-refractivity contribution in [1.82, 2.24) is 5.11 Å². The molecule has 14 aromatic rings. The first kappa shape index (κ1) is 71.0. The molecule has 6 heterocycles. The zero-order chi connectivity index (χ0) is 72.0. The summed E-state index contributed by atoms with van der Waals surface area (Å²) in [5, 5.41) is 2.41. The molecule has 0 spiro atoms. The molecule has 514 valence electrons. The predicted molar refractivity (Wildman–Crippen MR) is 481 cm³/mol. The van der Waals surface area contributed by atoms with E-state index >= 15 is 0 Å². The fourth-order valence-electron chi connectivity index (χ4n) is 12.3. The van der Waals surface area contributed by atoms with Crippen LogP contribution < -0.4 is 48.9 Å². The molecule has 4 aliphatic rings. The second-order valence-corrected chi connectivity index (χ2v) is 41.4. The van der Waals surface area contributed by atoms with Gasteiger partial charge >= 0.3 is 646 Å². The number of hydrogen-bond donors (Lipinski definition) is 0. The Labute approximate surface area is 725 Å². The van der Waals surface area contributed by atoms with Gasteiger partial charge in [-0.05, 0) is 90.4 Å². The molecule has 18 rings (SSSR count). The van der Waals surface area contributed by atoms with Crippen LogP contribution in [-0.4, -0.2) is 49.3 Å². The van der Waals surface area contributed by atoms with Crippen LogP contribution in [0.3, 0.4) is 0 Å². The van der Waals surface area contributed by atoms with Gasteiger partial charge in [0.15, 0.2) is 0 Å². The van der Waals surface area contributed by atoms with Gasteiger partial charge in [0.05, 0.1) is 0 Å². The molecule has 0 atom stereocenters. The van der Waals surface area contributed by atoms with E-state index in [1.807, 2.05) is 243 Å². The van der Waals surface area contributed by atoms with Gasteiger partial charge in [-0.1, -0.05) is 0 Å². The van der Waals surface area contributed by atoms with Crippen LogP contribution in [0.2, 0.25) is 0 Å². The Morgan fingerprint density at radius 3 is 0.632 bits per heavy atom. The molecule has 0 saturated heterocycles. The van der Waals surface area contributed by atoms with Crippen LogP contribution in [0.1, 0.15) is 22.3 Å². The Balaban J connectivity index is 0.975.